The van der Waals surface area contributed by atoms with Gasteiger partial charge >= 0.3 is 0 Å². The third kappa shape index (κ3) is 7.66. The summed E-state index contributed by atoms with van der Waals surface area (Å²) in [7, 11) is -2.96. The molecule has 0 aliphatic rings. The number of nitrogens with two attached hydrogens (primary N) is 1. The SMILES string of the molecule is C#CCCS(=O)(=O)CCN.Cl. The van der Waals surface area contributed by atoms with E-state index < -0.39 is 9.84 Å². The van der Waals surface area contributed by atoms with Gasteiger partial charge in [0, 0.05) is 13.0 Å². The van der Waals surface area contributed by atoms with Crippen LogP contribution in [0.5, 0.6) is 0 Å². The molecule has 5 heteroatoms. The zero-order valence-corrected chi connectivity index (χ0v) is 7.75. The van der Waals surface area contributed by atoms with Crippen LogP contribution in [0.2, 0.25) is 0 Å². The molecule has 0 atom stereocenters. The number of hydrogen-bond donors (Lipinski definition) is 1. The summed E-state index contributed by atoms with van der Waals surface area (Å²) in [5, 5.41) is 0. The van der Waals surface area contributed by atoms with Gasteiger partial charge in [-0.3, -0.25) is 0 Å². The highest BCUT2D eigenvalue weighted by molar-refractivity contribution is 7.91. The number of terminal acetylenes is 1. The smallest absolute Gasteiger partial charge is 0.152 e. The van der Waals surface area contributed by atoms with Crippen LogP contribution in [0.3, 0.4) is 0 Å². The lowest BCUT2D eigenvalue weighted by molar-refractivity contribution is 0.596. The van der Waals surface area contributed by atoms with Crippen molar-refractivity contribution in [2.24, 2.45) is 5.73 Å². The van der Waals surface area contributed by atoms with Crippen molar-refractivity contribution >= 4 is 22.2 Å². The average Bonchev–Trinajstić information content (AvgIpc) is 1.84. The van der Waals surface area contributed by atoms with Crippen LogP contribution in [-0.2, 0) is 9.84 Å². The summed E-state index contributed by atoms with van der Waals surface area (Å²) in [5.74, 6) is 2.35. The maximum atomic E-state index is 10.8. The molecule has 0 unspecified atom stereocenters. The fourth-order valence-electron chi connectivity index (χ4n) is 0.496. The zero-order valence-electron chi connectivity index (χ0n) is 6.12. The predicted octanol–water partition coefficient (Wildman–Crippen LogP) is -0.195. The molecular weight excluding hydrogens is 186 g/mol. The first kappa shape index (κ1) is 13.4. The Morgan fingerprint density at radius 3 is 2.27 bits per heavy atom. The van der Waals surface area contributed by atoms with Gasteiger partial charge in [-0.2, -0.15) is 0 Å². The third-order valence-electron chi connectivity index (χ3n) is 0.986. The van der Waals surface area contributed by atoms with Gasteiger partial charge in [-0.1, -0.05) is 0 Å². The van der Waals surface area contributed by atoms with Gasteiger partial charge in [0.25, 0.3) is 0 Å². The summed E-state index contributed by atoms with van der Waals surface area (Å²) >= 11 is 0. The number of sulfone groups is 1. The minimum absolute atomic E-state index is 0. The van der Waals surface area contributed by atoms with Gasteiger partial charge in [0.1, 0.15) is 0 Å². The summed E-state index contributed by atoms with van der Waals surface area (Å²) in [6.07, 6.45) is 5.17. The lowest BCUT2D eigenvalue weighted by Gasteiger charge is -1.96. The summed E-state index contributed by atoms with van der Waals surface area (Å²) in [6, 6.07) is 0. The van der Waals surface area contributed by atoms with Crippen molar-refractivity contribution in [1.82, 2.24) is 0 Å². The van der Waals surface area contributed by atoms with E-state index >= 15 is 0 Å². The van der Waals surface area contributed by atoms with Crippen LogP contribution in [0.25, 0.3) is 0 Å². The lowest BCUT2D eigenvalue weighted by atomic mass is 10.5. The van der Waals surface area contributed by atoms with Crippen LogP contribution in [0.15, 0.2) is 0 Å². The summed E-state index contributed by atoms with van der Waals surface area (Å²) < 4.78 is 21.6. The summed E-state index contributed by atoms with van der Waals surface area (Å²) in [6.45, 7) is 0.174. The second kappa shape index (κ2) is 6.47. The van der Waals surface area contributed by atoms with Crippen molar-refractivity contribution in [3.05, 3.63) is 0 Å². The zero-order chi connectivity index (χ0) is 8.04. The molecule has 0 radical (unpaired) electrons. The standard InChI is InChI=1S/C6H11NO2S.ClH/c1-2-3-5-10(8,9)6-4-7;/h1H,3-7H2;1H. The highest BCUT2D eigenvalue weighted by Crippen LogP contribution is 1.90. The first-order chi connectivity index (χ1) is 4.62. The normalized spacial score (nSPS) is 9.82. The van der Waals surface area contributed by atoms with Gasteiger partial charge in [0.15, 0.2) is 9.84 Å². The highest BCUT2D eigenvalue weighted by Gasteiger charge is 2.06. The molecule has 2 N–H and O–H groups in total. The quantitative estimate of drug-likeness (QED) is 0.636. The van der Waals surface area contributed by atoms with Gasteiger partial charge < -0.3 is 5.73 Å². The molecule has 0 amide bonds. The molecule has 0 fully saturated rings. The van der Waals surface area contributed by atoms with Gasteiger partial charge in [0.2, 0.25) is 0 Å². The Morgan fingerprint density at radius 1 is 1.36 bits per heavy atom. The Kier molecular flexibility index (Phi) is 7.85. The van der Waals surface area contributed by atoms with Crippen molar-refractivity contribution in [2.75, 3.05) is 18.1 Å². The Morgan fingerprint density at radius 2 is 1.91 bits per heavy atom. The van der Waals surface area contributed by atoms with E-state index in [1.54, 1.807) is 0 Å². The monoisotopic (exact) mass is 197 g/mol. The molecule has 66 valence electrons. The molecule has 0 aliphatic heterocycles. The molecule has 0 aromatic carbocycles. The number of halogens is 1. The molecule has 0 saturated heterocycles. The summed E-state index contributed by atoms with van der Waals surface area (Å²) in [5.41, 5.74) is 5.06. The third-order valence-corrected chi connectivity index (χ3v) is 2.67. The lowest BCUT2D eigenvalue weighted by Crippen LogP contribution is -2.18. The van der Waals surface area contributed by atoms with Crippen molar-refractivity contribution < 1.29 is 8.42 Å². The van der Waals surface area contributed by atoms with Crippen LogP contribution < -0.4 is 5.73 Å². The van der Waals surface area contributed by atoms with E-state index in [0.717, 1.165) is 0 Å². The molecule has 0 saturated carbocycles. The van der Waals surface area contributed by atoms with E-state index in [9.17, 15) is 8.42 Å². The molecule has 0 bridgehead atoms. The Balaban J connectivity index is 0. The first-order valence-corrected chi connectivity index (χ1v) is 4.78. The van der Waals surface area contributed by atoms with Crippen molar-refractivity contribution in [3.63, 3.8) is 0 Å². The second-order valence-electron chi connectivity index (χ2n) is 1.89. The van der Waals surface area contributed by atoms with Gasteiger partial charge in [-0.25, -0.2) is 8.42 Å². The van der Waals surface area contributed by atoms with Gasteiger partial charge in [-0.05, 0) is 0 Å². The first-order valence-electron chi connectivity index (χ1n) is 2.96. The molecule has 0 aromatic heterocycles. The van der Waals surface area contributed by atoms with E-state index in [4.69, 9.17) is 12.2 Å². The van der Waals surface area contributed by atoms with E-state index in [-0.39, 0.29) is 36.9 Å². The molecule has 0 spiro atoms. The topological polar surface area (TPSA) is 60.2 Å². The van der Waals surface area contributed by atoms with Crippen molar-refractivity contribution in [2.45, 2.75) is 6.42 Å². The minimum atomic E-state index is -2.96. The Hall–Kier alpha value is -0.240. The second-order valence-corrected chi connectivity index (χ2v) is 4.20. The molecule has 0 aliphatic carbocycles. The molecule has 11 heavy (non-hydrogen) atoms. The maximum Gasteiger partial charge on any atom is 0.152 e. The van der Waals surface area contributed by atoms with Crippen molar-refractivity contribution in [1.29, 1.82) is 0 Å². The molecule has 0 rings (SSSR count). The summed E-state index contributed by atoms with van der Waals surface area (Å²) in [4.78, 5) is 0. The van der Waals surface area contributed by atoms with Crippen LogP contribution in [0.1, 0.15) is 6.42 Å². The van der Waals surface area contributed by atoms with Gasteiger partial charge in [0.05, 0.1) is 11.5 Å². The van der Waals surface area contributed by atoms with Crippen LogP contribution in [0.4, 0.5) is 0 Å². The Labute approximate surface area is 73.7 Å². The van der Waals surface area contributed by atoms with Crippen LogP contribution in [0, 0.1) is 12.3 Å². The maximum absolute atomic E-state index is 10.8. The minimum Gasteiger partial charge on any atom is -0.329 e. The largest absolute Gasteiger partial charge is 0.329 e. The fraction of sp³-hybridized carbons (Fsp3) is 0.667. The predicted molar refractivity (Wildman–Crippen MR) is 48.4 cm³/mol. The van der Waals surface area contributed by atoms with E-state index in [1.807, 2.05) is 0 Å². The van der Waals surface area contributed by atoms with Crippen LogP contribution >= 0.6 is 12.4 Å². The average molecular weight is 198 g/mol. The van der Waals surface area contributed by atoms with Crippen molar-refractivity contribution in [3.8, 4) is 12.3 Å². The van der Waals surface area contributed by atoms with E-state index in [2.05, 4.69) is 5.92 Å². The number of rotatable bonds is 4. The van der Waals surface area contributed by atoms with Crippen LogP contribution in [-0.4, -0.2) is 26.5 Å². The molecule has 0 aromatic rings. The molecule has 3 nitrogen and oxygen atoms in total. The van der Waals surface area contributed by atoms with E-state index in [0.29, 0.717) is 0 Å². The number of hydrogen-bond acceptors (Lipinski definition) is 3. The molecular formula is C6H12ClNO2S. The fourth-order valence-corrected chi connectivity index (χ4v) is 1.49. The highest BCUT2D eigenvalue weighted by atomic mass is 35.5. The van der Waals surface area contributed by atoms with E-state index in [1.165, 1.54) is 0 Å². The Bertz CT molecular complexity index is 217. The molecule has 0 heterocycles. The van der Waals surface area contributed by atoms with Gasteiger partial charge in [-0.15, -0.1) is 24.8 Å².